The lowest BCUT2D eigenvalue weighted by molar-refractivity contribution is -0.0126. The molecule has 118 valence electrons. The number of likely N-dealkylation sites (N-methyl/N-ethyl adjacent to an activating group) is 1. The fourth-order valence-electron chi connectivity index (χ4n) is 3.28. The van der Waals surface area contributed by atoms with Crippen LogP contribution in [0.15, 0.2) is 18.2 Å². The fourth-order valence-corrected chi connectivity index (χ4v) is 3.28. The molecule has 0 saturated carbocycles. The van der Waals surface area contributed by atoms with Crippen LogP contribution in [0, 0.1) is 13.8 Å². The second-order valence-corrected chi connectivity index (χ2v) is 6.10. The molecule has 1 aromatic rings. The lowest BCUT2D eigenvalue weighted by Gasteiger charge is -2.38. The van der Waals surface area contributed by atoms with Crippen molar-refractivity contribution in [3.63, 3.8) is 0 Å². The van der Waals surface area contributed by atoms with Crippen molar-refractivity contribution >= 4 is 0 Å². The van der Waals surface area contributed by atoms with E-state index in [1.807, 2.05) is 0 Å². The molecule has 0 bridgehead atoms. The Hall–Kier alpha value is -0.900. The third-order valence-corrected chi connectivity index (χ3v) is 4.49. The zero-order chi connectivity index (χ0) is 15.2. The van der Waals surface area contributed by atoms with Gasteiger partial charge < -0.3 is 10.1 Å². The average Bonchev–Trinajstić information content (AvgIpc) is 2.47. The zero-order valence-electron chi connectivity index (χ0n) is 14.0. The Morgan fingerprint density at radius 2 is 2.14 bits per heavy atom. The van der Waals surface area contributed by atoms with Crippen molar-refractivity contribution in [2.24, 2.45) is 0 Å². The fraction of sp³-hybridized carbons (Fsp3) is 0.667. The minimum Gasteiger partial charge on any atom is -0.378 e. The molecule has 0 aromatic heterocycles. The molecule has 0 radical (unpaired) electrons. The number of benzene rings is 1. The third kappa shape index (κ3) is 4.29. The second kappa shape index (κ2) is 7.92. The number of nitrogens with one attached hydrogen (secondary N) is 1. The molecule has 1 heterocycles. The molecule has 1 saturated heterocycles. The van der Waals surface area contributed by atoms with E-state index in [0.717, 1.165) is 39.3 Å². The monoisotopic (exact) mass is 290 g/mol. The van der Waals surface area contributed by atoms with E-state index in [1.165, 1.54) is 16.7 Å². The molecule has 0 spiro atoms. The number of nitrogens with zero attached hydrogens (tertiary/aromatic N) is 1. The Labute approximate surface area is 129 Å². The first kappa shape index (κ1) is 16.5. The van der Waals surface area contributed by atoms with Crippen LogP contribution in [0.4, 0.5) is 0 Å². The summed E-state index contributed by atoms with van der Waals surface area (Å²) in [4.78, 5) is 2.59. The summed E-state index contributed by atoms with van der Waals surface area (Å²) in [5.74, 6) is 0. The van der Waals surface area contributed by atoms with Gasteiger partial charge in [-0.1, -0.05) is 37.6 Å². The van der Waals surface area contributed by atoms with Gasteiger partial charge in [-0.3, -0.25) is 4.90 Å². The number of aryl methyl sites for hydroxylation is 2. The summed E-state index contributed by atoms with van der Waals surface area (Å²) in [5.41, 5.74) is 4.16. The minimum atomic E-state index is 0.405. The normalized spacial score (nSPS) is 21.4. The smallest absolute Gasteiger partial charge is 0.0622 e. The Morgan fingerprint density at radius 1 is 1.33 bits per heavy atom. The van der Waals surface area contributed by atoms with Crippen LogP contribution in [-0.4, -0.2) is 43.8 Å². The molecule has 2 unspecified atom stereocenters. The van der Waals surface area contributed by atoms with Crippen molar-refractivity contribution in [1.82, 2.24) is 10.2 Å². The van der Waals surface area contributed by atoms with Gasteiger partial charge in [0.25, 0.3) is 0 Å². The van der Waals surface area contributed by atoms with Crippen molar-refractivity contribution in [3.05, 3.63) is 34.9 Å². The third-order valence-electron chi connectivity index (χ3n) is 4.49. The molecule has 1 aliphatic rings. The van der Waals surface area contributed by atoms with Crippen molar-refractivity contribution < 1.29 is 4.74 Å². The van der Waals surface area contributed by atoms with E-state index in [2.05, 4.69) is 56.1 Å². The van der Waals surface area contributed by atoms with E-state index in [4.69, 9.17) is 4.74 Å². The van der Waals surface area contributed by atoms with Gasteiger partial charge in [-0.15, -0.1) is 0 Å². The SMILES string of the molecule is CCNC(CN1CCOCC1CC)c1ccc(C)cc1C. The summed E-state index contributed by atoms with van der Waals surface area (Å²) in [6.45, 7) is 13.7. The van der Waals surface area contributed by atoms with Gasteiger partial charge in [0, 0.05) is 25.2 Å². The lowest BCUT2D eigenvalue weighted by atomic mass is 9.98. The van der Waals surface area contributed by atoms with Crippen molar-refractivity contribution in [2.75, 3.05) is 32.8 Å². The van der Waals surface area contributed by atoms with Crippen LogP contribution in [0.5, 0.6) is 0 Å². The molecule has 0 aliphatic carbocycles. The quantitative estimate of drug-likeness (QED) is 0.871. The van der Waals surface area contributed by atoms with Gasteiger partial charge >= 0.3 is 0 Å². The highest BCUT2D eigenvalue weighted by molar-refractivity contribution is 5.33. The zero-order valence-corrected chi connectivity index (χ0v) is 14.0. The van der Waals surface area contributed by atoms with E-state index >= 15 is 0 Å². The number of morpholine rings is 1. The van der Waals surface area contributed by atoms with Crippen LogP contribution in [-0.2, 0) is 4.74 Å². The van der Waals surface area contributed by atoms with Crippen LogP contribution in [0.2, 0.25) is 0 Å². The van der Waals surface area contributed by atoms with Gasteiger partial charge in [0.05, 0.1) is 13.2 Å². The Morgan fingerprint density at radius 3 is 2.81 bits per heavy atom. The highest BCUT2D eigenvalue weighted by Crippen LogP contribution is 2.22. The van der Waals surface area contributed by atoms with E-state index in [9.17, 15) is 0 Å². The molecule has 3 heteroatoms. The summed E-state index contributed by atoms with van der Waals surface area (Å²) < 4.78 is 5.63. The van der Waals surface area contributed by atoms with Gasteiger partial charge in [-0.25, -0.2) is 0 Å². The number of rotatable bonds is 6. The summed E-state index contributed by atoms with van der Waals surface area (Å²) in [5, 5.41) is 3.67. The molecular weight excluding hydrogens is 260 g/mol. The first-order chi connectivity index (χ1) is 10.2. The summed E-state index contributed by atoms with van der Waals surface area (Å²) in [6.07, 6.45) is 1.16. The molecule has 2 atom stereocenters. The Balaban J connectivity index is 2.14. The Kier molecular flexibility index (Phi) is 6.22. The predicted octanol–water partition coefficient (Wildman–Crippen LogP) is 3.06. The number of ether oxygens (including phenoxy) is 1. The lowest BCUT2D eigenvalue weighted by Crippen LogP contribution is -2.48. The molecule has 0 amide bonds. The summed E-state index contributed by atoms with van der Waals surface area (Å²) in [6, 6.07) is 7.77. The van der Waals surface area contributed by atoms with Gasteiger partial charge in [0.15, 0.2) is 0 Å². The first-order valence-corrected chi connectivity index (χ1v) is 8.28. The van der Waals surface area contributed by atoms with Gasteiger partial charge in [-0.05, 0) is 37.9 Å². The van der Waals surface area contributed by atoms with E-state index < -0.39 is 0 Å². The topological polar surface area (TPSA) is 24.5 Å². The highest BCUT2D eigenvalue weighted by atomic mass is 16.5. The van der Waals surface area contributed by atoms with Crippen LogP contribution < -0.4 is 5.32 Å². The second-order valence-electron chi connectivity index (χ2n) is 6.10. The van der Waals surface area contributed by atoms with E-state index in [1.54, 1.807) is 0 Å². The Bertz CT molecular complexity index is 447. The highest BCUT2D eigenvalue weighted by Gasteiger charge is 2.25. The molecule has 2 rings (SSSR count). The van der Waals surface area contributed by atoms with Crippen LogP contribution in [0.1, 0.15) is 43.0 Å². The summed E-state index contributed by atoms with van der Waals surface area (Å²) >= 11 is 0. The number of hydrogen-bond acceptors (Lipinski definition) is 3. The minimum absolute atomic E-state index is 0.405. The van der Waals surface area contributed by atoms with E-state index in [-0.39, 0.29) is 0 Å². The standard InChI is InChI=1S/C18H30N2O/c1-5-16-13-21-10-9-20(16)12-18(19-6-2)17-8-7-14(3)11-15(17)4/h7-8,11,16,18-19H,5-6,9-10,12-13H2,1-4H3. The molecular formula is C18H30N2O. The molecule has 3 nitrogen and oxygen atoms in total. The molecule has 1 N–H and O–H groups in total. The predicted molar refractivity (Wildman–Crippen MR) is 88.8 cm³/mol. The van der Waals surface area contributed by atoms with Gasteiger partial charge in [0.1, 0.15) is 0 Å². The van der Waals surface area contributed by atoms with Crippen LogP contribution in [0.3, 0.4) is 0 Å². The molecule has 1 aromatic carbocycles. The van der Waals surface area contributed by atoms with Gasteiger partial charge in [0.2, 0.25) is 0 Å². The van der Waals surface area contributed by atoms with Crippen LogP contribution >= 0.6 is 0 Å². The average molecular weight is 290 g/mol. The molecule has 21 heavy (non-hydrogen) atoms. The van der Waals surface area contributed by atoms with Crippen LogP contribution in [0.25, 0.3) is 0 Å². The maximum absolute atomic E-state index is 5.63. The first-order valence-electron chi connectivity index (χ1n) is 8.28. The van der Waals surface area contributed by atoms with E-state index in [0.29, 0.717) is 12.1 Å². The van der Waals surface area contributed by atoms with Crippen molar-refractivity contribution in [2.45, 2.75) is 46.2 Å². The number of hydrogen-bond donors (Lipinski definition) is 1. The maximum Gasteiger partial charge on any atom is 0.0622 e. The molecule has 1 fully saturated rings. The van der Waals surface area contributed by atoms with Gasteiger partial charge in [-0.2, -0.15) is 0 Å². The van der Waals surface area contributed by atoms with Crippen molar-refractivity contribution in [3.8, 4) is 0 Å². The van der Waals surface area contributed by atoms with Crippen molar-refractivity contribution in [1.29, 1.82) is 0 Å². The largest absolute Gasteiger partial charge is 0.378 e. The molecule has 1 aliphatic heterocycles. The maximum atomic E-state index is 5.63. The summed E-state index contributed by atoms with van der Waals surface area (Å²) in [7, 11) is 0.